The predicted octanol–water partition coefficient (Wildman–Crippen LogP) is 3.92. The molecule has 6 nitrogen and oxygen atoms in total. The van der Waals surface area contributed by atoms with Gasteiger partial charge in [-0.2, -0.15) is 5.10 Å². The van der Waals surface area contributed by atoms with Crippen LogP contribution in [0.4, 0.5) is 0 Å². The van der Waals surface area contributed by atoms with Crippen molar-refractivity contribution in [2.45, 2.75) is 18.9 Å². The number of benzene rings is 2. The maximum atomic E-state index is 12.9. The van der Waals surface area contributed by atoms with Gasteiger partial charge < -0.3 is 9.64 Å². The highest BCUT2D eigenvalue weighted by molar-refractivity contribution is 7.16. The average Bonchev–Trinajstić information content (AvgIpc) is 3.22. The fourth-order valence-corrected chi connectivity index (χ4v) is 4.31. The second-order valence-corrected chi connectivity index (χ2v) is 7.77. The van der Waals surface area contributed by atoms with Crippen molar-refractivity contribution in [3.05, 3.63) is 59.7 Å². The van der Waals surface area contributed by atoms with Crippen molar-refractivity contribution < 1.29 is 9.53 Å². The second kappa shape index (κ2) is 7.16. The number of rotatable bonds is 3. The van der Waals surface area contributed by atoms with Crippen LogP contribution in [0.2, 0.25) is 0 Å². The molecule has 1 aliphatic rings. The van der Waals surface area contributed by atoms with E-state index in [1.54, 1.807) is 23.0 Å². The van der Waals surface area contributed by atoms with E-state index in [0.29, 0.717) is 19.0 Å². The molecule has 2 aromatic carbocycles. The highest BCUT2D eigenvalue weighted by Gasteiger charge is 2.25. The molecule has 0 N–H and O–H groups in total. The van der Waals surface area contributed by atoms with Gasteiger partial charge in [0.25, 0.3) is 5.91 Å². The zero-order valence-electron chi connectivity index (χ0n) is 15.1. The lowest BCUT2D eigenvalue weighted by atomic mass is 10.1. The van der Waals surface area contributed by atoms with Gasteiger partial charge in [-0.15, -0.1) is 16.4 Å². The summed E-state index contributed by atoms with van der Waals surface area (Å²) in [4.78, 5) is 19.0. The number of amides is 1. The minimum absolute atomic E-state index is 0.0353. The first-order valence-corrected chi connectivity index (χ1v) is 10.2. The Morgan fingerprint density at radius 2 is 2.00 bits per heavy atom. The molecule has 0 atom stereocenters. The Morgan fingerprint density at radius 1 is 1.14 bits per heavy atom. The number of likely N-dealkylation sites (tertiary alicyclic amines) is 1. The number of carbonyl (C=O) groups excluding carboxylic acids is 1. The van der Waals surface area contributed by atoms with Gasteiger partial charge in [-0.25, -0.2) is 4.98 Å². The summed E-state index contributed by atoms with van der Waals surface area (Å²) in [5.41, 5.74) is 3.46. The molecule has 1 aliphatic heterocycles. The minimum Gasteiger partial charge on any atom is -0.473 e. The predicted molar refractivity (Wildman–Crippen MR) is 109 cm³/mol. The van der Waals surface area contributed by atoms with Crippen LogP contribution in [0.1, 0.15) is 23.2 Å². The van der Waals surface area contributed by atoms with E-state index in [4.69, 9.17) is 4.74 Å². The molecule has 1 amide bonds. The lowest BCUT2D eigenvalue weighted by molar-refractivity contribution is 0.0589. The number of carbonyl (C=O) groups is 1. The first-order chi connectivity index (χ1) is 13.8. The zero-order valence-corrected chi connectivity index (χ0v) is 15.9. The van der Waals surface area contributed by atoms with Crippen molar-refractivity contribution in [2.75, 3.05) is 13.1 Å². The van der Waals surface area contributed by atoms with Crippen molar-refractivity contribution in [3.63, 3.8) is 0 Å². The maximum Gasteiger partial charge on any atom is 0.253 e. The Hall–Kier alpha value is -3.06. The molecular weight excluding hydrogens is 372 g/mol. The van der Waals surface area contributed by atoms with Gasteiger partial charge >= 0.3 is 0 Å². The van der Waals surface area contributed by atoms with E-state index < -0.39 is 0 Å². The van der Waals surface area contributed by atoms with Gasteiger partial charge in [0.15, 0.2) is 0 Å². The number of piperidine rings is 1. The van der Waals surface area contributed by atoms with Gasteiger partial charge in [-0.1, -0.05) is 18.2 Å². The Bertz CT molecular complexity index is 1150. The van der Waals surface area contributed by atoms with Crippen molar-refractivity contribution in [3.8, 4) is 5.88 Å². The van der Waals surface area contributed by atoms with Crippen LogP contribution in [0.15, 0.2) is 54.2 Å². The average molecular weight is 390 g/mol. The molecule has 5 rings (SSSR count). The van der Waals surface area contributed by atoms with Crippen LogP contribution in [0.25, 0.3) is 21.0 Å². The summed E-state index contributed by atoms with van der Waals surface area (Å²) in [5.74, 6) is 0.636. The van der Waals surface area contributed by atoms with Crippen LogP contribution in [0.3, 0.4) is 0 Å². The largest absolute Gasteiger partial charge is 0.473 e. The maximum absolute atomic E-state index is 12.9. The zero-order chi connectivity index (χ0) is 18.9. The molecule has 140 valence electrons. The topological polar surface area (TPSA) is 68.2 Å². The van der Waals surface area contributed by atoms with Crippen LogP contribution in [-0.4, -0.2) is 45.2 Å². The van der Waals surface area contributed by atoms with Crippen molar-refractivity contribution in [2.24, 2.45) is 0 Å². The summed E-state index contributed by atoms with van der Waals surface area (Å²) >= 11 is 1.55. The number of ether oxygens (including phenoxy) is 1. The van der Waals surface area contributed by atoms with E-state index >= 15 is 0 Å². The van der Waals surface area contributed by atoms with Crippen LogP contribution < -0.4 is 4.74 Å². The SMILES string of the molecule is O=C(c1ccc2ncsc2c1)N1CCC(Oc2nncc3ccccc23)CC1. The second-order valence-electron chi connectivity index (χ2n) is 6.88. The van der Waals surface area contributed by atoms with E-state index in [2.05, 4.69) is 15.2 Å². The minimum atomic E-state index is 0.0353. The molecule has 2 aromatic heterocycles. The lowest BCUT2D eigenvalue weighted by Gasteiger charge is -2.32. The number of fused-ring (bicyclic) bond motifs is 2. The third kappa shape index (κ3) is 3.18. The first-order valence-electron chi connectivity index (χ1n) is 9.27. The molecule has 0 unspecified atom stereocenters. The van der Waals surface area contributed by atoms with Gasteiger partial charge in [0, 0.05) is 42.3 Å². The van der Waals surface area contributed by atoms with Gasteiger partial charge in [-0.3, -0.25) is 4.79 Å². The van der Waals surface area contributed by atoms with Gasteiger partial charge in [0.2, 0.25) is 5.88 Å². The molecule has 0 aliphatic carbocycles. The normalized spacial score (nSPS) is 15.2. The monoisotopic (exact) mass is 390 g/mol. The van der Waals surface area contributed by atoms with E-state index in [-0.39, 0.29) is 12.0 Å². The van der Waals surface area contributed by atoms with E-state index in [0.717, 1.165) is 39.4 Å². The smallest absolute Gasteiger partial charge is 0.253 e. The Balaban J connectivity index is 1.26. The standard InChI is InChI=1S/C21H18N4O2S/c26-21(14-5-6-18-19(11-14)28-13-22-18)25-9-7-16(8-10-25)27-20-17-4-2-1-3-15(17)12-23-24-20/h1-6,11-13,16H,7-10H2. The van der Waals surface area contributed by atoms with Crippen molar-refractivity contribution in [1.82, 2.24) is 20.1 Å². The highest BCUT2D eigenvalue weighted by atomic mass is 32.1. The number of aromatic nitrogens is 3. The summed E-state index contributed by atoms with van der Waals surface area (Å²) in [6, 6.07) is 13.6. The Labute approximate surface area is 165 Å². The molecule has 4 aromatic rings. The third-order valence-corrected chi connectivity index (χ3v) is 5.91. The van der Waals surface area contributed by atoms with Gasteiger partial charge in [-0.05, 0) is 24.3 Å². The van der Waals surface area contributed by atoms with E-state index in [1.165, 1.54) is 0 Å². The number of hydrogen-bond donors (Lipinski definition) is 0. The number of nitrogens with zero attached hydrogens (tertiary/aromatic N) is 4. The molecule has 7 heteroatoms. The summed E-state index contributed by atoms with van der Waals surface area (Å²) in [5, 5.41) is 10.2. The fourth-order valence-electron chi connectivity index (χ4n) is 3.59. The summed E-state index contributed by atoms with van der Waals surface area (Å²) in [7, 11) is 0. The van der Waals surface area contributed by atoms with Gasteiger partial charge in [0.05, 0.1) is 21.9 Å². The molecule has 1 saturated heterocycles. The fraction of sp³-hybridized carbons (Fsp3) is 0.238. The van der Waals surface area contributed by atoms with Crippen LogP contribution >= 0.6 is 11.3 Å². The van der Waals surface area contributed by atoms with Crippen molar-refractivity contribution >= 4 is 38.2 Å². The summed E-state index contributed by atoms with van der Waals surface area (Å²) in [6.45, 7) is 1.34. The van der Waals surface area contributed by atoms with Crippen LogP contribution in [0, 0.1) is 0 Å². The first kappa shape index (κ1) is 17.1. The summed E-state index contributed by atoms with van der Waals surface area (Å²) < 4.78 is 7.17. The number of thiazole rings is 1. The Morgan fingerprint density at radius 3 is 2.89 bits per heavy atom. The van der Waals surface area contributed by atoms with E-state index in [1.807, 2.05) is 47.4 Å². The van der Waals surface area contributed by atoms with Crippen LogP contribution in [0.5, 0.6) is 5.88 Å². The lowest BCUT2D eigenvalue weighted by Crippen LogP contribution is -2.41. The van der Waals surface area contributed by atoms with Crippen LogP contribution in [-0.2, 0) is 0 Å². The number of hydrogen-bond acceptors (Lipinski definition) is 6. The quantitative estimate of drug-likeness (QED) is 0.530. The molecule has 0 radical (unpaired) electrons. The molecule has 28 heavy (non-hydrogen) atoms. The Kier molecular flexibility index (Phi) is 4.37. The molecule has 3 heterocycles. The molecule has 1 fully saturated rings. The summed E-state index contributed by atoms with van der Waals surface area (Å²) in [6.07, 6.45) is 3.33. The molecular formula is C21H18N4O2S. The molecule has 0 bridgehead atoms. The third-order valence-electron chi connectivity index (χ3n) is 5.12. The highest BCUT2D eigenvalue weighted by Crippen LogP contribution is 2.26. The van der Waals surface area contributed by atoms with Gasteiger partial charge in [0.1, 0.15) is 6.10 Å². The molecule has 0 spiro atoms. The van der Waals surface area contributed by atoms with E-state index in [9.17, 15) is 4.79 Å². The molecule has 0 saturated carbocycles. The van der Waals surface area contributed by atoms with Crippen molar-refractivity contribution in [1.29, 1.82) is 0 Å².